The molecule has 1 aromatic carbocycles. The maximum absolute atomic E-state index is 14.8. The fourth-order valence-corrected chi connectivity index (χ4v) is 4.47. The van der Waals surface area contributed by atoms with Gasteiger partial charge in [-0.25, -0.2) is 19.3 Å². The number of fused-ring (bicyclic) bond motifs is 1. The molecule has 33 heavy (non-hydrogen) atoms. The van der Waals surface area contributed by atoms with Gasteiger partial charge >= 0.3 is 0 Å². The van der Waals surface area contributed by atoms with Crippen LogP contribution < -0.4 is 5.32 Å². The molecule has 0 atom stereocenters. The third-order valence-electron chi connectivity index (χ3n) is 6.38. The van der Waals surface area contributed by atoms with E-state index in [-0.39, 0.29) is 5.56 Å². The molecule has 0 bridgehead atoms. The maximum Gasteiger partial charge on any atom is 0.259 e. The van der Waals surface area contributed by atoms with E-state index in [4.69, 9.17) is 0 Å². The quantitative estimate of drug-likeness (QED) is 0.488. The number of hydrogen-bond acceptors (Lipinski definition) is 4. The number of carbonyl (C=O) groups is 1. The van der Waals surface area contributed by atoms with Crippen molar-refractivity contribution in [3.63, 3.8) is 0 Å². The largest absolute Gasteiger partial charge is 0.327 e. The number of nitrogens with zero attached hydrogens (tertiary/aromatic N) is 5. The van der Waals surface area contributed by atoms with Crippen molar-refractivity contribution in [1.29, 1.82) is 0 Å². The lowest BCUT2D eigenvalue weighted by Gasteiger charge is -2.12. The van der Waals surface area contributed by atoms with Gasteiger partial charge in [-0.05, 0) is 62.4 Å². The number of nitrogens with one attached hydrogen (secondary N) is 1. The van der Waals surface area contributed by atoms with E-state index in [2.05, 4.69) is 24.8 Å². The van der Waals surface area contributed by atoms with Gasteiger partial charge in [0.05, 0.1) is 23.3 Å². The molecule has 2 aliphatic rings. The monoisotopic (exact) mass is 442 g/mol. The van der Waals surface area contributed by atoms with E-state index >= 15 is 0 Å². The van der Waals surface area contributed by atoms with Crippen molar-refractivity contribution in [1.82, 2.24) is 24.1 Å². The lowest BCUT2D eigenvalue weighted by molar-refractivity contribution is 0.102. The molecule has 7 nitrogen and oxygen atoms in total. The summed E-state index contributed by atoms with van der Waals surface area (Å²) >= 11 is 0. The van der Waals surface area contributed by atoms with Gasteiger partial charge in [0.1, 0.15) is 17.3 Å². The SMILES string of the molecule is Cc1cc(F)c(C(=O)Nc2cccc(-c3ncc4n3CCC4)n2)cc1-n1cnc(C2CC2)c1. The van der Waals surface area contributed by atoms with Gasteiger partial charge in [-0.15, -0.1) is 0 Å². The van der Waals surface area contributed by atoms with Crippen molar-refractivity contribution in [3.05, 3.63) is 77.4 Å². The molecule has 1 saturated carbocycles. The smallest absolute Gasteiger partial charge is 0.259 e. The Balaban J connectivity index is 1.28. The number of aromatic nitrogens is 5. The van der Waals surface area contributed by atoms with E-state index in [0.717, 1.165) is 55.0 Å². The van der Waals surface area contributed by atoms with Gasteiger partial charge in [-0.2, -0.15) is 0 Å². The Bertz CT molecular complexity index is 1380. The van der Waals surface area contributed by atoms with Crippen molar-refractivity contribution < 1.29 is 9.18 Å². The summed E-state index contributed by atoms with van der Waals surface area (Å²) in [7, 11) is 0. The van der Waals surface area contributed by atoms with Crippen molar-refractivity contribution in [2.45, 2.75) is 45.1 Å². The molecular formula is C25H23FN6O. The topological polar surface area (TPSA) is 77.6 Å². The van der Waals surface area contributed by atoms with Gasteiger partial charge in [-0.3, -0.25) is 4.79 Å². The van der Waals surface area contributed by atoms with Gasteiger partial charge in [-0.1, -0.05) is 6.07 Å². The average molecular weight is 442 g/mol. The first kappa shape index (κ1) is 19.8. The van der Waals surface area contributed by atoms with Crippen LogP contribution in [0.3, 0.4) is 0 Å². The molecule has 1 aliphatic heterocycles. The summed E-state index contributed by atoms with van der Waals surface area (Å²) in [5, 5.41) is 2.75. The first-order chi connectivity index (χ1) is 16.1. The second-order valence-corrected chi connectivity index (χ2v) is 8.79. The maximum atomic E-state index is 14.8. The van der Waals surface area contributed by atoms with E-state index in [9.17, 15) is 9.18 Å². The number of rotatable bonds is 5. The number of pyridine rings is 1. The molecule has 4 aromatic rings. The van der Waals surface area contributed by atoms with Crippen LogP contribution in [0.25, 0.3) is 17.2 Å². The Morgan fingerprint density at radius 3 is 2.94 bits per heavy atom. The number of imidazole rings is 2. The van der Waals surface area contributed by atoms with Crippen LogP contribution in [0.4, 0.5) is 10.2 Å². The first-order valence-electron chi connectivity index (χ1n) is 11.2. The Labute approximate surface area is 190 Å². The highest BCUT2D eigenvalue weighted by Gasteiger charge is 2.26. The van der Waals surface area contributed by atoms with Crippen molar-refractivity contribution >= 4 is 11.7 Å². The van der Waals surface area contributed by atoms with Gasteiger partial charge in [0, 0.05) is 30.6 Å². The van der Waals surface area contributed by atoms with Crippen LogP contribution in [-0.2, 0) is 13.0 Å². The molecule has 3 aromatic heterocycles. The van der Waals surface area contributed by atoms with Crippen LogP contribution in [0.15, 0.2) is 49.1 Å². The Hall–Kier alpha value is -3.81. The van der Waals surface area contributed by atoms with Gasteiger partial charge < -0.3 is 14.5 Å². The molecule has 0 saturated heterocycles. The van der Waals surface area contributed by atoms with E-state index in [1.165, 1.54) is 11.8 Å². The van der Waals surface area contributed by atoms with Crippen molar-refractivity contribution in [3.8, 4) is 17.2 Å². The summed E-state index contributed by atoms with van der Waals surface area (Å²) < 4.78 is 18.8. The van der Waals surface area contributed by atoms with Crippen LogP contribution in [0.1, 0.15) is 52.5 Å². The summed E-state index contributed by atoms with van der Waals surface area (Å²) in [6.45, 7) is 2.74. The van der Waals surface area contributed by atoms with Crippen LogP contribution in [0, 0.1) is 12.7 Å². The number of hydrogen-bond donors (Lipinski definition) is 1. The molecule has 1 aliphatic carbocycles. The zero-order valence-corrected chi connectivity index (χ0v) is 18.3. The molecule has 8 heteroatoms. The number of carbonyl (C=O) groups excluding carboxylic acids is 1. The molecule has 1 fully saturated rings. The summed E-state index contributed by atoms with van der Waals surface area (Å²) in [6.07, 6.45) is 9.98. The molecular weight excluding hydrogens is 419 g/mol. The van der Waals surface area contributed by atoms with Crippen molar-refractivity contribution in [2.24, 2.45) is 0 Å². The number of benzene rings is 1. The Kier molecular flexibility index (Phi) is 4.60. The second-order valence-electron chi connectivity index (χ2n) is 8.79. The number of halogens is 1. The van der Waals surface area contributed by atoms with E-state index < -0.39 is 11.7 Å². The standard InChI is InChI=1S/C25H23FN6O/c1-15-10-19(26)18(11-22(15)31-13-21(28-14-31)16-7-8-16)25(33)30-23-6-2-5-20(29-23)24-27-12-17-4-3-9-32(17)24/h2,5-6,10-14,16H,3-4,7-9H2,1H3,(H,29,30,33). The molecule has 0 spiro atoms. The van der Waals surface area contributed by atoms with Crippen LogP contribution in [0.2, 0.25) is 0 Å². The lowest BCUT2D eigenvalue weighted by Crippen LogP contribution is -2.16. The van der Waals surface area contributed by atoms with Crippen molar-refractivity contribution in [2.75, 3.05) is 5.32 Å². The summed E-state index contributed by atoms with van der Waals surface area (Å²) in [5.41, 5.74) is 4.34. The molecule has 6 rings (SSSR count). The molecule has 4 heterocycles. The van der Waals surface area contributed by atoms with Crippen LogP contribution in [-0.4, -0.2) is 30.0 Å². The molecule has 0 radical (unpaired) electrons. The van der Waals surface area contributed by atoms with E-state index in [1.807, 2.05) is 36.0 Å². The highest BCUT2D eigenvalue weighted by molar-refractivity contribution is 6.04. The first-order valence-corrected chi connectivity index (χ1v) is 11.2. The third kappa shape index (κ3) is 3.61. The summed E-state index contributed by atoms with van der Waals surface area (Å²) in [5.74, 6) is 0.541. The zero-order valence-electron chi connectivity index (χ0n) is 18.3. The Morgan fingerprint density at radius 1 is 1.21 bits per heavy atom. The fourth-order valence-electron chi connectivity index (χ4n) is 4.47. The average Bonchev–Trinajstić information content (AvgIpc) is 3.18. The number of amides is 1. The highest BCUT2D eigenvalue weighted by atomic mass is 19.1. The molecule has 166 valence electrons. The normalized spacial score (nSPS) is 15.0. The lowest BCUT2D eigenvalue weighted by atomic mass is 10.1. The van der Waals surface area contributed by atoms with E-state index in [1.54, 1.807) is 18.5 Å². The predicted molar refractivity (Wildman–Crippen MR) is 122 cm³/mol. The van der Waals surface area contributed by atoms with Gasteiger partial charge in [0.2, 0.25) is 0 Å². The van der Waals surface area contributed by atoms with Crippen LogP contribution >= 0.6 is 0 Å². The summed E-state index contributed by atoms with van der Waals surface area (Å²) in [6, 6.07) is 8.34. The predicted octanol–water partition coefficient (Wildman–Crippen LogP) is 4.65. The third-order valence-corrected chi connectivity index (χ3v) is 6.38. The molecule has 1 amide bonds. The minimum absolute atomic E-state index is 0.0359. The highest BCUT2D eigenvalue weighted by Crippen LogP contribution is 2.39. The minimum atomic E-state index is -0.571. The fraction of sp³-hybridized carbons (Fsp3) is 0.280. The second kappa shape index (κ2) is 7.65. The van der Waals surface area contributed by atoms with E-state index in [0.29, 0.717) is 17.4 Å². The Morgan fingerprint density at radius 2 is 2.09 bits per heavy atom. The minimum Gasteiger partial charge on any atom is -0.327 e. The van der Waals surface area contributed by atoms with Gasteiger partial charge in [0.15, 0.2) is 5.82 Å². The number of aryl methyl sites for hydroxylation is 2. The zero-order chi connectivity index (χ0) is 22.5. The number of anilines is 1. The summed E-state index contributed by atoms with van der Waals surface area (Å²) in [4.78, 5) is 26.5. The van der Waals surface area contributed by atoms with Gasteiger partial charge in [0.25, 0.3) is 5.91 Å². The molecule has 1 N–H and O–H groups in total. The van der Waals surface area contributed by atoms with Crippen LogP contribution in [0.5, 0.6) is 0 Å². The molecule has 0 unspecified atom stereocenters.